The van der Waals surface area contributed by atoms with E-state index in [1.165, 1.54) is 0 Å². The van der Waals surface area contributed by atoms with Gasteiger partial charge in [0.15, 0.2) is 6.10 Å². The van der Waals surface area contributed by atoms with Gasteiger partial charge in [0.2, 0.25) is 0 Å². The molecule has 0 aliphatic carbocycles. The van der Waals surface area contributed by atoms with Crippen LogP contribution >= 0.6 is 11.6 Å². The zero-order valence-corrected chi connectivity index (χ0v) is 13.9. The van der Waals surface area contributed by atoms with E-state index >= 15 is 0 Å². The highest BCUT2D eigenvalue weighted by Gasteiger charge is 2.30. The molecule has 0 aliphatic heterocycles. The van der Waals surface area contributed by atoms with Crippen molar-refractivity contribution >= 4 is 23.5 Å². The summed E-state index contributed by atoms with van der Waals surface area (Å²) >= 11 is 5.81. The number of benzene rings is 2. The third-order valence-corrected chi connectivity index (χ3v) is 3.65. The molecule has 0 radical (unpaired) electrons. The van der Waals surface area contributed by atoms with Crippen LogP contribution in [0.5, 0.6) is 0 Å². The van der Waals surface area contributed by atoms with Crippen LogP contribution in [0.1, 0.15) is 28.9 Å². The fourth-order valence-electron chi connectivity index (χ4n) is 2.19. The molecule has 0 aliphatic rings. The first-order valence-electron chi connectivity index (χ1n) is 7.49. The Morgan fingerprint density at radius 2 is 1.75 bits per heavy atom. The molecular weight excluding hydrogens is 330 g/mol. The Morgan fingerprint density at radius 1 is 1.12 bits per heavy atom. The summed E-state index contributed by atoms with van der Waals surface area (Å²) in [4.78, 5) is 24.3. The van der Waals surface area contributed by atoms with Crippen molar-refractivity contribution in [2.45, 2.75) is 19.1 Å². The first-order valence-corrected chi connectivity index (χ1v) is 7.86. The first-order chi connectivity index (χ1) is 11.5. The highest BCUT2D eigenvalue weighted by molar-refractivity contribution is 6.30. The van der Waals surface area contributed by atoms with E-state index in [1.54, 1.807) is 61.5 Å². The molecule has 5 nitrogen and oxygen atoms in total. The Hall–Kier alpha value is -2.37. The number of rotatable bonds is 6. The molecule has 0 bridgehead atoms. The molecule has 2 aromatic carbocycles. The summed E-state index contributed by atoms with van der Waals surface area (Å²) < 4.78 is 4.85. The monoisotopic (exact) mass is 347 g/mol. The molecule has 0 heterocycles. The molecule has 0 unspecified atom stereocenters. The molecule has 2 N–H and O–H groups in total. The van der Waals surface area contributed by atoms with Gasteiger partial charge in [-0.15, -0.1) is 0 Å². The summed E-state index contributed by atoms with van der Waals surface area (Å²) in [6, 6.07) is 14.2. The van der Waals surface area contributed by atoms with Crippen LogP contribution in [0.4, 0.5) is 0 Å². The van der Waals surface area contributed by atoms with Crippen LogP contribution < -0.4 is 5.32 Å². The highest BCUT2D eigenvalue weighted by Crippen LogP contribution is 2.19. The molecule has 126 valence electrons. The highest BCUT2D eigenvalue weighted by atomic mass is 35.5. The number of aliphatic hydroxyl groups is 1. The Balaban J connectivity index is 2.24. The molecule has 0 fully saturated rings. The van der Waals surface area contributed by atoms with Crippen LogP contribution in [0.15, 0.2) is 54.6 Å². The minimum atomic E-state index is -1.51. The molecule has 2 rings (SSSR count). The quantitative estimate of drug-likeness (QED) is 0.788. The van der Waals surface area contributed by atoms with Gasteiger partial charge in [-0.2, -0.15) is 0 Å². The fourth-order valence-corrected chi connectivity index (χ4v) is 2.32. The molecule has 2 aromatic rings. The summed E-state index contributed by atoms with van der Waals surface area (Å²) in [5, 5.41) is 13.5. The molecule has 0 saturated carbocycles. The van der Waals surface area contributed by atoms with Crippen molar-refractivity contribution in [2.24, 2.45) is 0 Å². The van der Waals surface area contributed by atoms with E-state index in [0.717, 1.165) is 0 Å². The standard InChI is InChI=1S/C18H18ClNO4/c1-2-24-18(23)16(21)15(12-6-4-3-5-7-12)20-17(22)13-8-10-14(19)11-9-13/h3-11,15-16,21H,2H2,1H3,(H,20,22)/t15-,16-/m0/s1. The fraction of sp³-hybridized carbons (Fsp3) is 0.222. The molecule has 6 heteroatoms. The lowest BCUT2D eigenvalue weighted by Crippen LogP contribution is -2.41. The van der Waals surface area contributed by atoms with Gasteiger partial charge in [-0.1, -0.05) is 41.9 Å². The van der Waals surface area contributed by atoms with E-state index in [-0.39, 0.29) is 6.61 Å². The lowest BCUT2D eigenvalue weighted by Gasteiger charge is -2.23. The van der Waals surface area contributed by atoms with Gasteiger partial charge < -0.3 is 15.2 Å². The van der Waals surface area contributed by atoms with Gasteiger partial charge in [0, 0.05) is 10.6 Å². The van der Waals surface area contributed by atoms with E-state index in [2.05, 4.69) is 5.32 Å². The summed E-state index contributed by atoms with van der Waals surface area (Å²) in [7, 11) is 0. The van der Waals surface area contributed by atoms with Crippen LogP contribution in [0.3, 0.4) is 0 Å². The average molecular weight is 348 g/mol. The van der Waals surface area contributed by atoms with Gasteiger partial charge >= 0.3 is 5.97 Å². The third kappa shape index (κ3) is 4.57. The van der Waals surface area contributed by atoms with E-state index in [4.69, 9.17) is 16.3 Å². The molecule has 2 atom stereocenters. The van der Waals surface area contributed by atoms with Gasteiger partial charge in [-0.25, -0.2) is 4.79 Å². The Kier molecular flexibility index (Phi) is 6.35. The molecule has 0 spiro atoms. The zero-order chi connectivity index (χ0) is 17.5. The van der Waals surface area contributed by atoms with Crippen molar-refractivity contribution in [3.05, 3.63) is 70.7 Å². The van der Waals surface area contributed by atoms with E-state index in [9.17, 15) is 14.7 Å². The number of hydrogen-bond donors (Lipinski definition) is 2. The van der Waals surface area contributed by atoms with Crippen molar-refractivity contribution in [1.29, 1.82) is 0 Å². The summed E-state index contributed by atoms with van der Waals surface area (Å²) in [5.41, 5.74) is 0.969. The maximum Gasteiger partial charge on any atom is 0.337 e. The number of carbonyl (C=O) groups is 2. The second kappa shape index (κ2) is 8.47. The number of hydrogen-bond acceptors (Lipinski definition) is 4. The van der Waals surface area contributed by atoms with Gasteiger partial charge in [0.25, 0.3) is 5.91 Å². The normalized spacial score (nSPS) is 13.0. The molecule has 24 heavy (non-hydrogen) atoms. The predicted octanol–water partition coefficient (Wildman–Crippen LogP) is 2.74. The van der Waals surface area contributed by atoms with Gasteiger partial charge in [-0.05, 0) is 36.8 Å². The van der Waals surface area contributed by atoms with Crippen molar-refractivity contribution in [3.63, 3.8) is 0 Å². The number of amides is 1. The number of aliphatic hydroxyl groups excluding tert-OH is 1. The number of halogens is 1. The summed E-state index contributed by atoms with van der Waals surface area (Å²) in [6.07, 6.45) is -1.51. The molecular formula is C18H18ClNO4. The zero-order valence-electron chi connectivity index (χ0n) is 13.1. The van der Waals surface area contributed by atoms with E-state index in [0.29, 0.717) is 16.1 Å². The smallest absolute Gasteiger partial charge is 0.337 e. The van der Waals surface area contributed by atoms with Crippen LogP contribution in [0.2, 0.25) is 5.02 Å². The Labute approximate surface area is 145 Å². The minimum Gasteiger partial charge on any atom is -0.464 e. The second-order valence-corrected chi connectivity index (χ2v) is 5.50. The van der Waals surface area contributed by atoms with E-state index in [1.807, 2.05) is 0 Å². The first kappa shape index (κ1) is 18.0. The number of esters is 1. The second-order valence-electron chi connectivity index (χ2n) is 5.07. The van der Waals surface area contributed by atoms with Crippen molar-refractivity contribution in [2.75, 3.05) is 6.61 Å². The Bertz CT molecular complexity index is 688. The number of ether oxygens (including phenoxy) is 1. The summed E-state index contributed by atoms with van der Waals surface area (Å²) in [6.45, 7) is 1.79. The third-order valence-electron chi connectivity index (χ3n) is 3.40. The van der Waals surface area contributed by atoms with Crippen LogP contribution in [0.25, 0.3) is 0 Å². The van der Waals surface area contributed by atoms with Crippen molar-refractivity contribution < 1.29 is 19.4 Å². The lowest BCUT2D eigenvalue weighted by molar-refractivity contribution is -0.154. The van der Waals surface area contributed by atoms with Crippen molar-refractivity contribution in [3.8, 4) is 0 Å². The maximum atomic E-state index is 12.4. The minimum absolute atomic E-state index is 0.141. The van der Waals surface area contributed by atoms with Crippen LogP contribution in [-0.4, -0.2) is 29.7 Å². The lowest BCUT2D eigenvalue weighted by atomic mass is 10.0. The molecule has 0 aromatic heterocycles. The van der Waals surface area contributed by atoms with Crippen molar-refractivity contribution in [1.82, 2.24) is 5.32 Å². The van der Waals surface area contributed by atoms with Gasteiger partial charge in [0.05, 0.1) is 12.6 Å². The predicted molar refractivity (Wildman–Crippen MR) is 90.7 cm³/mol. The molecule has 1 amide bonds. The van der Waals surface area contributed by atoms with Crippen LogP contribution in [0, 0.1) is 0 Å². The maximum absolute atomic E-state index is 12.4. The summed E-state index contributed by atoms with van der Waals surface area (Å²) in [5.74, 6) is -1.22. The Morgan fingerprint density at radius 3 is 2.33 bits per heavy atom. The van der Waals surface area contributed by atoms with Gasteiger partial charge in [0.1, 0.15) is 0 Å². The van der Waals surface area contributed by atoms with Crippen LogP contribution in [-0.2, 0) is 9.53 Å². The SMILES string of the molecule is CCOC(=O)[C@@H](O)[C@@H](NC(=O)c1ccc(Cl)cc1)c1ccccc1. The largest absolute Gasteiger partial charge is 0.464 e. The van der Waals surface area contributed by atoms with E-state index < -0.39 is 24.0 Å². The number of nitrogens with one attached hydrogen (secondary N) is 1. The number of carbonyl (C=O) groups excluding carboxylic acids is 2. The molecule has 0 saturated heterocycles. The topological polar surface area (TPSA) is 75.6 Å². The average Bonchev–Trinajstić information content (AvgIpc) is 2.60. The van der Waals surface area contributed by atoms with Gasteiger partial charge in [-0.3, -0.25) is 4.79 Å².